The van der Waals surface area contributed by atoms with Crippen molar-refractivity contribution in [3.05, 3.63) is 129 Å². The van der Waals surface area contributed by atoms with Gasteiger partial charge >= 0.3 is 0 Å². The molecule has 1 saturated heterocycles. The van der Waals surface area contributed by atoms with Crippen molar-refractivity contribution in [1.82, 2.24) is 5.32 Å². The Morgan fingerprint density at radius 2 is 1.61 bits per heavy atom. The number of carbonyl (C=O) groups is 4. The minimum Gasteiger partial charge on any atom is -0.321 e. The van der Waals surface area contributed by atoms with Crippen LogP contribution in [0.1, 0.15) is 47.7 Å². The Morgan fingerprint density at radius 3 is 2.30 bits per heavy atom. The van der Waals surface area contributed by atoms with E-state index in [0.29, 0.717) is 22.9 Å². The van der Waals surface area contributed by atoms with Gasteiger partial charge in [0.05, 0.1) is 10.9 Å². The number of hydrogen-bond donors (Lipinski definition) is 2. The lowest BCUT2D eigenvalue weighted by Gasteiger charge is -2.15. The van der Waals surface area contributed by atoms with Crippen molar-refractivity contribution < 1.29 is 19.2 Å². The van der Waals surface area contributed by atoms with Gasteiger partial charge in [0, 0.05) is 26.1 Å². The zero-order chi connectivity index (χ0) is 31.2. The lowest BCUT2D eigenvalue weighted by atomic mass is 10.0. The monoisotopic (exact) mass is 715 g/mol. The summed E-state index contributed by atoms with van der Waals surface area (Å²) in [4.78, 5) is 54.4. The molecular formula is C35H30IN3O4S. The van der Waals surface area contributed by atoms with Crippen LogP contribution < -0.4 is 15.5 Å². The molecule has 1 heterocycles. The molecule has 2 N–H and O–H groups in total. The van der Waals surface area contributed by atoms with E-state index in [1.165, 1.54) is 22.2 Å². The van der Waals surface area contributed by atoms with E-state index in [0.717, 1.165) is 14.0 Å². The summed E-state index contributed by atoms with van der Waals surface area (Å²) in [5.41, 5.74) is 3.48. The van der Waals surface area contributed by atoms with Gasteiger partial charge in [-0.25, -0.2) is 4.90 Å². The summed E-state index contributed by atoms with van der Waals surface area (Å²) in [5, 5.41) is 5.06. The highest BCUT2D eigenvalue weighted by Gasteiger charge is 2.40. The fraction of sp³-hybridized carbons (Fsp3) is 0.143. The number of nitrogens with one attached hydrogen (secondary N) is 2. The second kappa shape index (κ2) is 14.0. The lowest BCUT2D eigenvalue weighted by Crippen LogP contribution is -2.31. The zero-order valence-corrected chi connectivity index (χ0v) is 27.1. The normalized spacial score (nSPS) is 15.0. The van der Waals surface area contributed by atoms with Gasteiger partial charge in [-0.2, -0.15) is 0 Å². The van der Waals surface area contributed by atoms with Gasteiger partial charge in [0.1, 0.15) is 5.70 Å². The molecule has 1 aliphatic rings. The molecule has 0 saturated carbocycles. The Kier molecular flexibility index (Phi) is 9.96. The topological polar surface area (TPSA) is 95.6 Å². The summed E-state index contributed by atoms with van der Waals surface area (Å²) in [7, 11) is 0. The minimum atomic E-state index is -0.581. The number of anilines is 2. The van der Waals surface area contributed by atoms with Gasteiger partial charge in [0.15, 0.2) is 0 Å². The summed E-state index contributed by atoms with van der Waals surface area (Å²) in [5.74, 6) is -1.06. The first-order chi connectivity index (χ1) is 21.2. The number of carbonyl (C=O) groups excluding carboxylic acids is 4. The molecule has 1 aliphatic heterocycles. The highest BCUT2D eigenvalue weighted by atomic mass is 127. The van der Waals surface area contributed by atoms with E-state index >= 15 is 0 Å². The third-order valence-corrected chi connectivity index (χ3v) is 8.90. The largest absolute Gasteiger partial charge is 0.321 e. The van der Waals surface area contributed by atoms with Crippen LogP contribution in [0.2, 0.25) is 0 Å². The van der Waals surface area contributed by atoms with Crippen molar-refractivity contribution in [2.45, 2.75) is 36.3 Å². The van der Waals surface area contributed by atoms with E-state index in [-0.39, 0.29) is 23.9 Å². The second-order valence-corrected chi connectivity index (χ2v) is 13.1. The summed E-state index contributed by atoms with van der Waals surface area (Å²) >= 11 is 3.45. The third-order valence-electron chi connectivity index (χ3n) is 7.00. The zero-order valence-electron chi connectivity index (χ0n) is 24.1. The second-order valence-electron chi connectivity index (χ2n) is 10.5. The van der Waals surface area contributed by atoms with E-state index < -0.39 is 17.1 Å². The molecule has 4 aromatic carbocycles. The molecule has 4 amide bonds. The van der Waals surface area contributed by atoms with E-state index in [1.807, 2.05) is 48.5 Å². The maximum Gasteiger partial charge on any atom is 0.272 e. The first-order valence-electron chi connectivity index (χ1n) is 14.1. The summed E-state index contributed by atoms with van der Waals surface area (Å²) in [6.07, 6.45) is 1.72. The maximum absolute atomic E-state index is 13.5. The molecule has 5 rings (SSSR count). The molecule has 0 spiro atoms. The van der Waals surface area contributed by atoms with E-state index in [1.54, 1.807) is 60.7 Å². The predicted octanol–water partition coefficient (Wildman–Crippen LogP) is 7.25. The molecular weight excluding hydrogens is 685 g/mol. The average molecular weight is 716 g/mol. The van der Waals surface area contributed by atoms with Crippen LogP contribution in [0.3, 0.4) is 0 Å². The standard InChI is InChI=1S/C35H30IN3O4S/c1-22(2)24-13-11-23(12-14-24)19-30(38-33(41)25-7-4-3-5-8-25)34(42)37-27-9-6-10-29(20-27)44-31-21-32(40)39(35(31)43)28-17-15-26(36)16-18-28/h3-20,22,31H,21H2,1-2H3,(H,37,42)(H,38,41)/b30-19-/t31-/m1/s1. The number of hydrogen-bond acceptors (Lipinski definition) is 5. The van der Waals surface area contributed by atoms with Gasteiger partial charge in [-0.15, -0.1) is 11.8 Å². The van der Waals surface area contributed by atoms with Crippen molar-refractivity contribution in [1.29, 1.82) is 0 Å². The molecule has 0 radical (unpaired) electrons. The van der Waals surface area contributed by atoms with Crippen LogP contribution >= 0.6 is 34.4 Å². The SMILES string of the molecule is CC(C)c1ccc(/C=C(\NC(=O)c2ccccc2)C(=O)Nc2cccc(S[C@@H]3CC(=O)N(c4ccc(I)cc4)C3=O)c2)cc1. The van der Waals surface area contributed by atoms with Gasteiger partial charge in [-0.05, 0) is 100 Å². The number of thioether (sulfide) groups is 1. The highest BCUT2D eigenvalue weighted by molar-refractivity contribution is 14.1. The van der Waals surface area contributed by atoms with E-state index in [4.69, 9.17) is 0 Å². The molecule has 1 atom stereocenters. The number of benzene rings is 4. The van der Waals surface area contributed by atoms with Gasteiger partial charge < -0.3 is 10.6 Å². The highest BCUT2D eigenvalue weighted by Crippen LogP contribution is 2.35. The Morgan fingerprint density at radius 1 is 0.909 bits per heavy atom. The number of amides is 4. The van der Waals surface area contributed by atoms with Crippen LogP contribution in [0.15, 0.2) is 114 Å². The smallest absolute Gasteiger partial charge is 0.272 e. The van der Waals surface area contributed by atoms with Crippen LogP contribution in [-0.4, -0.2) is 28.9 Å². The molecule has 0 aromatic heterocycles. The first kappa shape index (κ1) is 31.2. The molecule has 44 heavy (non-hydrogen) atoms. The Hall–Kier alpha value is -4.22. The van der Waals surface area contributed by atoms with Crippen LogP contribution in [0, 0.1) is 3.57 Å². The molecule has 222 valence electrons. The Labute approximate surface area is 274 Å². The summed E-state index contributed by atoms with van der Waals surface area (Å²) in [6, 6.07) is 30.8. The lowest BCUT2D eigenvalue weighted by molar-refractivity contribution is -0.121. The fourth-order valence-corrected chi connectivity index (χ4v) is 6.13. The molecule has 4 aromatic rings. The molecule has 0 bridgehead atoms. The van der Waals surface area contributed by atoms with E-state index in [2.05, 4.69) is 47.1 Å². The molecule has 9 heteroatoms. The Balaban J connectivity index is 1.33. The molecule has 0 unspecified atom stereocenters. The first-order valence-corrected chi connectivity index (χ1v) is 16.0. The van der Waals surface area contributed by atoms with Crippen molar-refractivity contribution in [3.63, 3.8) is 0 Å². The quantitative estimate of drug-likeness (QED) is 0.108. The number of halogens is 1. The van der Waals surface area contributed by atoms with Crippen LogP contribution in [0.25, 0.3) is 6.08 Å². The van der Waals surface area contributed by atoms with Crippen molar-refractivity contribution in [3.8, 4) is 0 Å². The van der Waals surface area contributed by atoms with E-state index in [9.17, 15) is 19.2 Å². The molecule has 1 fully saturated rings. The fourth-order valence-electron chi connectivity index (χ4n) is 4.65. The summed E-state index contributed by atoms with van der Waals surface area (Å²) < 4.78 is 1.01. The van der Waals surface area contributed by atoms with Crippen LogP contribution in [0.5, 0.6) is 0 Å². The van der Waals surface area contributed by atoms with Crippen molar-refractivity contribution in [2.24, 2.45) is 0 Å². The maximum atomic E-state index is 13.5. The molecule has 0 aliphatic carbocycles. The van der Waals surface area contributed by atoms with Crippen LogP contribution in [0.4, 0.5) is 11.4 Å². The number of nitrogens with zero attached hydrogens (tertiary/aromatic N) is 1. The molecule has 7 nitrogen and oxygen atoms in total. The van der Waals surface area contributed by atoms with Crippen molar-refractivity contribution in [2.75, 3.05) is 10.2 Å². The van der Waals surface area contributed by atoms with Crippen LogP contribution in [-0.2, 0) is 14.4 Å². The Bertz CT molecular complexity index is 1720. The van der Waals surface area contributed by atoms with Gasteiger partial charge in [0.2, 0.25) is 11.8 Å². The van der Waals surface area contributed by atoms with Crippen molar-refractivity contribution >= 4 is 75.4 Å². The number of rotatable bonds is 9. The average Bonchev–Trinajstić information content (AvgIpc) is 3.29. The minimum absolute atomic E-state index is 0.0823. The number of imide groups is 1. The van der Waals surface area contributed by atoms with Gasteiger partial charge in [-0.1, -0.05) is 62.4 Å². The third kappa shape index (κ3) is 7.64. The summed E-state index contributed by atoms with van der Waals surface area (Å²) in [6.45, 7) is 4.22. The van der Waals surface area contributed by atoms with Gasteiger partial charge in [0.25, 0.3) is 11.8 Å². The predicted molar refractivity (Wildman–Crippen MR) is 183 cm³/mol. The van der Waals surface area contributed by atoms with Gasteiger partial charge in [-0.3, -0.25) is 19.2 Å².